The highest BCUT2D eigenvalue weighted by Crippen LogP contribution is 2.17. The van der Waals surface area contributed by atoms with E-state index in [-0.39, 0.29) is 0 Å². The zero-order valence-corrected chi connectivity index (χ0v) is 12.4. The molecule has 2 nitrogen and oxygen atoms in total. The zero-order valence-electron chi connectivity index (χ0n) is 12.4. The largest absolute Gasteiger partial charge is 0.377 e. The van der Waals surface area contributed by atoms with Crippen LogP contribution in [-0.2, 0) is 4.74 Å². The lowest BCUT2D eigenvalue weighted by Crippen LogP contribution is -2.44. The second-order valence-electron chi connectivity index (χ2n) is 5.22. The maximum Gasteiger partial charge on any atom is 0.0750 e. The van der Waals surface area contributed by atoms with Gasteiger partial charge >= 0.3 is 0 Å². The Morgan fingerprint density at radius 2 is 1.94 bits per heavy atom. The first-order valence-electron chi connectivity index (χ1n) is 7.02. The van der Waals surface area contributed by atoms with Gasteiger partial charge in [-0.2, -0.15) is 0 Å². The van der Waals surface area contributed by atoms with Crippen LogP contribution in [0.4, 0.5) is 0 Å². The highest BCUT2D eigenvalue weighted by molar-refractivity contribution is 4.91. The Kier molecular flexibility index (Phi) is 9.47. The van der Waals surface area contributed by atoms with Gasteiger partial charge in [-0.25, -0.2) is 0 Å². The summed E-state index contributed by atoms with van der Waals surface area (Å²) >= 11 is 0. The summed E-state index contributed by atoms with van der Waals surface area (Å²) in [6, 6.07) is 0.451. The minimum absolute atomic E-state index is 0.311. The van der Waals surface area contributed by atoms with Gasteiger partial charge in [-0.1, -0.05) is 26.3 Å². The molecule has 2 unspecified atom stereocenters. The van der Waals surface area contributed by atoms with Crippen LogP contribution in [0.1, 0.15) is 53.9 Å². The number of rotatable bonds is 10. The van der Waals surface area contributed by atoms with Crippen LogP contribution in [0.15, 0.2) is 12.2 Å². The van der Waals surface area contributed by atoms with Crippen molar-refractivity contribution in [3.8, 4) is 0 Å². The SMILES string of the molecule is C=C(C)CCC(NCCC)C(OCC)C(C)C. The molecule has 0 saturated carbocycles. The maximum absolute atomic E-state index is 5.90. The van der Waals surface area contributed by atoms with E-state index in [1.165, 1.54) is 12.0 Å². The maximum atomic E-state index is 5.90. The molecule has 0 aromatic rings. The molecule has 0 bridgehead atoms. The summed E-state index contributed by atoms with van der Waals surface area (Å²) in [6.07, 6.45) is 3.68. The fourth-order valence-electron chi connectivity index (χ4n) is 2.08. The highest BCUT2D eigenvalue weighted by Gasteiger charge is 2.23. The monoisotopic (exact) mass is 241 g/mol. The molecule has 17 heavy (non-hydrogen) atoms. The molecule has 0 aromatic carbocycles. The van der Waals surface area contributed by atoms with Crippen molar-refractivity contribution in [1.29, 1.82) is 0 Å². The molecule has 1 N–H and O–H groups in total. The quantitative estimate of drug-likeness (QED) is 0.588. The van der Waals surface area contributed by atoms with Crippen LogP contribution < -0.4 is 5.32 Å². The molecule has 2 heteroatoms. The first kappa shape index (κ1) is 16.7. The normalized spacial score (nSPS) is 14.9. The second kappa shape index (κ2) is 9.67. The summed E-state index contributed by atoms with van der Waals surface area (Å²) in [7, 11) is 0. The minimum Gasteiger partial charge on any atom is -0.377 e. The Morgan fingerprint density at radius 3 is 2.35 bits per heavy atom. The van der Waals surface area contributed by atoms with Crippen LogP contribution in [0.25, 0.3) is 0 Å². The van der Waals surface area contributed by atoms with Gasteiger partial charge in [0.05, 0.1) is 6.10 Å². The van der Waals surface area contributed by atoms with Gasteiger partial charge in [0.25, 0.3) is 0 Å². The summed E-state index contributed by atoms with van der Waals surface area (Å²) in [6.45, 7) is 16.7. The number of allylic oxidation sites excluding steroid dienone is 1. The molecule has 0 radical (unpaired) electrons. The summed E-state index contributed by atoms with van der Waals surface area (Å²) in [5.41, 5.74) is 1.26. The smallest absolute Gasteiger partial charge is 0.0750 e. The van der Waals surface area contributed by atoms with Gasteiger partial charge in [-0.05, 0) is 45.6 Å². The van der Waals surface area contributed by atoms with Crippen LogP contribution >= 0.6 is 0 Å². The van der Waals surface area contributed by atoms with Gasteiger partial charge in [0.1, 0.15) is 0 Å². The molecule has 0 fully saturated rings. The molecular weight excluding hydrogens is 210 g/mol. The molecular formula is C15H31NO. The molecule has 0 spiro atoms. The Bertz CT molecular complexity index is 201. The Labute approximate surface area is 108 Å². The Balaban J connectivity index is 4.42. The molecule has 0 heterocycles. The zero-order chi connectivity index (χ0) is 13.3. The van der Waals surface area contributed by atoms with Gasteiger partial charge in [0.2, 0.25) is 0 Å². The van der Waals surface area contributed by atoms with Crippen molar-refractivity contribution >= 4 is 0 Å². The van der Waals surface area contributed by atoms with E-state index in [4.69, 9.17) is 4.74 Å². The number of hydrogen-bond acceptors (Lipinski definition) is 2. The van der Waals surface area contributed by atoms with Crippen LogP contribution in [-0.4, -0.2) is 25.3 Å². The van der Waals surface area contributed by atoms with Crippen LogP contribution in [0.5, 0.6) is 0 Å². The molecule has 0 aliphatic heterocycles. The van der Waals surface area contributed by atoms with E-state index in [1.807, 2.05) is 0 Å². The van der Waals surface area contributed by atoms with Crippen molar-refractivity contribution in [1.82, 2.24) is 5.32 Å². The third-order valence-electron chi connectivity index (χ3n) is 2.95. The van der Waals surface area contributed by atoms with E-state index in [0.717, 1.165) is 26.0 Å². The lowest BCUT2D eigenvalue weighted by Gasteiger charge is -2.31. The van der Waals surface area contributed by atoms with E-state index in [1.54, 1.807) is 0 Å². The van der Waals surface area contributed by atoms with Gasteiger partial charge in [-0.15, -0.1) is 6.58 Å². The minimum atomic E-state index is 0.311. The van der Waals surface area contributed by atoms with E-state index in [2.05, 4.69) is 46.5 Å². The third kappa shape index (κ3) is 7.56. The topological polar surface area (TPSA) is 21.3 Å². The van der Waals surface area contributed by atoms with Crippen molar-refractivity contribution < 1.29 is 4.74 Å². The van der Waals surface area contributed by atoms with Gasteiger partial charge in [0.15, 0.2) is 0 Å². The van der Waals surface area contributed by atoms with Gasteiger partial charge < -0.3 is 10.1 Å². The van der Waals surface area contributed by atoms with E-state index < -0.39 is 0 Å². The Hall–Kier alpha value is -0.340. The van der Waals surface area contributed by atoms with Crippen molar-refractivity contribution in [2.24, 2.45) is 5.92 Å². The van der Waals surface area contributed by atoms with Crippen LogP contribution in [0.2, 0.25) is 0 Å². The van der Waals surface area contributed by atoms with Crippen molar-refractivity contribution in [2.45, 2.75) is 66.0 Å². The first-order chi connectivity index (χ1) is 8.02. The van der Waals surface area contributed by atoms with E-state index in [0.29, 0.717) is 18.1 Å². The number of ether oxygens (including phenoxy) is 1. The third-order valence-corrected chi connectivity index (χ3v) is 2.95. The van der Waals surface area contributed by atoms with Crippen LogP contribution in [0, 0.1) is 5.92 Å². The fourth-order valence-corrected chi connectivity index (χ4v) is 2.08. The predicted octanol–water partition coefficient (Wildman–Crippen LogP) is 3.77. The first-order valence-corrected chi connectivity index (χ1v) is 7.02. The predicted molar refractivity (Wildman–Crippen MR) is 76.4 cm³/mol. The summed E-state index contributed by atoms with van der Waals surface area (Å²) < 4.78 is 5.90. The lowest BCUT2D eigenvalue weighted by atomic mass is 9.94. The average Bonchev–Trinajstić information content (AvgIpc) is 2.26. The lowest BCUT2D eigenvalue weighted by molar-refractivity contribution is 0.00161. The standard InChI is InChI=1S/C15H31NO/c1-7-11-16-14(10-9-12(3)4)15(13(5)6)17-8-2/h13-16H,3,7-11H2,1-2,4-6H3. The molecule has 0 saturated heterocycles. The average molecular weight is 241 g/mol. The number of nitrogens with one attached hydrogen (secondary N) is 1. The van der Waals surface area contributed by atoms with Gasteiger partial charge in [0, 0.05) is 12.6 Å². The summed E-state index contributed by atoms with van der Waals surface area (Å²) in [5.74, 6) is 0.550. The number of hydrogen-bond donors (Lipinski definition) is 1. The molecule has 102 valence electrons. The van der Waals surface area contributed by atoms with E-state index in [9.17, 15) is 0 Å². The molecule has 2 atom stereocenters. The van der Waals surface area contributed by atoms with Crippen molar-refractivity contribution in [3.63, 3.8) is 0 Å². The molecule has 0 amide bonds. The molecule has 0 aliphatic carbocycles. The molecule has 0 aromatic heterocycles. The van der Waals surface area contributed by atoms with E-state index >= 15 is 0 Å². The van der Waals surface area contributed by atoms with Crippen molar-refractivity contribution in [2.75, 3.05) is 13.2 Å². The van der Waals surface area contributed by atoms with Crippen molar-refractivity contribution in [3.05, 3.63) is 12.2 Å². The fraction of sp³-hybridized carbons (Fsp3) is 0.867. The van der Waals surface area contributed by atoms with Gasteiger partial charge in [-0.3, -0.25) is 0 Å². The highest BCUT2D eigenvalue weighted by atomic mass is 16.5. The summed E-state index contributed by atoms with van der Waals surface area (Å²) in [4.78, 5) is 0. The molecule has 0 aliphatic rings. The molecule has 0 rings (SSSR count). The summed E-state index contributed by atoms with van der Waals surface area (Å²) in [5, 5.41) is 3.62. The second-order valence-corrected chi connectivity index (χ2v) is 5.22. The Morgan fingerprint density at radius 1 is 1.29 bits per heavy atom. The van der Waals surface area contributed by atoms with Crippen LogP contribution in [0.3, 0.4) is 0 Å².